The summed E-state index contributed by atoms with van der Waals surface area (Å²) in [4.78, 5) is 13.1. The fraction of sp³-hybridized carbons (Fsp3) is 0.615. The Morgan fingerprint density at radius 1 is 1.53 bits per heavy atom. The number of aryl methyl sites for hydroxylation is 1. The Hall–Kier alpha value is -0.870. The van der Waals surface area contributed by atoms with Gasteiger partial charge in [0.05, 0.1) is 12.1 Å². The molecule has 3 nitrogen and oxygen atoms in total. The highest BCUT2D eigenvalue weighted by Crippen LogP contribution is 2.17. The zero-order valence-electron chi connectivity index (χ0n) is 10.9. The molecule has 4 heteroatoms. The number of thiophene rings is 1. The number of carbonyl (C=O) groups excluding carboxylic acids is 1. The molecular weight excluding hydrogens is 232 g/mol. The number of nitrogens with two attached hydrogens (primary N) is 1. The third-order valence-corrected chi connectivity index (χ3v) is 3.88. The molecule has 1 heterocycles. The van der Waals surface area contributed by atoms with Crippen LogP contribution < -0.4 is 11.1 Å². The second-order valence-corrected chi connectivity index (χ2v) is 5.57. The molecule has 3 N–H and O–H groups in total. The molecule has 0 aliphatic heterocycles. The van der Waals surface area contributed by atoms with Gasteiger partial charge in [-0.05, 0) is 36.8 Å². The quantitative estimate of drug-likeness (QED) is 0.819. The standard InChI is InChI=1S/C13H22N2OS/c1-4-7-13(3,14)12(16)15-9-11-10(5-2)6-8-17-11/h6,8H,4-5,7,9,14H2,1-3H3,(H,15,16). The van der Waals surface area contributed by atoms with Crippen LogP contribution in [0.15, 0.2) is 11.4 Å². The van der Waals surface area contributed by atoms with Crippen LogP contribution in [0.2, 0.25) is 0 Å². The molecule has 0 saturated carbocycles. The Labute approximate surface area is 107 Å². The number of carbonyl (C=O) groups is 1. The third-order valence-electron chi connectivity index (χ3n) is 2.92. The van der Waals surface area contributed by atoms with Crippen LogP contribution in [-0.4, -0.2) is 11.4 Å². The topological polar surface area (TPSA) is 55.1 Å². The maximum atomic E-state index is 11.9. The average molecular weight is 254 g/mol. The zero-order chi connectivity index (χ0) is 12.9. The summed E-state index contributed by atoms with van der Waals surface area (Å²) in [5.74, 6) is -0.0604. The van der Waals surface area contributed by atoms with Crippen molar-refractivity contribution < 1.29 is 4.79 Å². The highest BCUT2D eigenvalue weighted by Gasteiger charge is 2.26. The maximum absolute atomic E-state index is 11.9. The molecule has 1 aromatic heterocycles. The number of hydrogen-bond donors (Lipinski definition) is 2. The van der Waals surface area contributed by atoms with Gasteiger partial charge in [0, 0.05) is 4.88 Å². The molecule has 0 fully saturated rings. The average Bonchev–Trinajstić information content (AvgIpc) is 2.72. The first-order chi connectivity index (χ1) is 8.01. The summed E-state index contributed by atoms with van der Waals surface area (Å²) < 4.78 is 0. The lowest BCUT2D eigenvalue weighted by molar-refractivity contribution is -0.126. The van der Waals surface area contributed by atoms with Gasteiger partial charge in [-0.25, -0.2) is 0 Å². The van der Waals surface area contributed by atoms with Crippen molar-refractivity contribution in [2.24, 2.45) is 5.73 Å². The van der Waals surface area contributed by atoms with Crippen LogP contribution in [0.5, 0.6) is 0 Å². The van der Waals surface area contributed by atoms with E-state index in [1.807, 2.05) is 6.92 Å². The Bertz CT molecular complexity index is 371. The predicted molar refractivity (Wildman–Crippen MR) is 73.0 cm³/mol. The third kappa shape index (κ3) is 3.82. The van der Waals surface area contributed by atoms with E-state index in [2.05, 4.69) is 23.7 Å². The molecule has 1 rings (SSSR count). The molecule has 1 unspecified atom stereocenters. The van der Waals surface area contributed by atoms with Crippen molar-refractivity contribution in [3.63, 3.8) is 0 Å². The van der Waals surface area contributed by atoms with E-state index in [0.29, 0.717) is 13.0 Å². The number of rotatable bonds is 6. The van der Waals surface area contributed by atoms with E-state index < -0.39 is 5.54 Å². The molecule has 17 heavy (non-hydrogen) atoms. The van der Waals surface area contributed by atoms with Crippen molar-refractivity contribution in [2.75, 3.05) is 0 Å². The first kappa shape index (κ1) is 14.2. The molecule has 0 radical (unpaired) electrons. The van der Waals surface area contributed by atoms with E-state index in [1.54, 1.807) is 18.3 Å². The van der Waals surface area contributed by atoms with Crippen molar-refractivity contribution >= 4 is 17.2 Å². The highest BCUT2D eigenvalue weighted by atomic mass is 32.1. The van der Waals surface area contributed by atoms with Gasteiger partial charge >= 0.3 is 0 Å². The summed E-state index contributed by atoms with van der Waals surface area (Å²) in [7, 11) is 0. The summed E-state index contributed by atoms with van der Waals surface area (Å²) in [5.41, 5.74) is 6.53. The van der Waals surface area contributed by atoms with Gasteiger partial charge in [0.15, 0.2) is 0 Å². The molecular formula is C13H22N2OS. The lowest BCUT2D eigenvalue weighted by Gasteiger charge is -2.22. The molecule has 0 saturated heterocycles. The minimum atomic E-state index is -0.752. The normalized spacial score (nSPS) is 14.4. The highest BCUT2D eigenvalue weighted by molar-refractivity contribution is 7.10. The molecule has 1 aromatic rings. The molecule has 0 aliphatic rings. The second-order valence-electron chi connectivity index (χ2n) is 4.57. The summed E-state index contributed by atoms with van der Waals surface area (Å²) in [6.45, 7) is 6.54. The van der Waals surface area contributed by atoms with Crippen molar-refractivity contribution in [1.82, 2.24) is 5.32 Å². The first-order valence-corrected chi connectivity index (χ1v) is 7.01. The maximum Gasteiger partial charge on any atom is 0.240 e. The number of nitrogens with one attached hydrogen (secondary N) is 1. The van der Waals surface area contributed by atoms with E-state index in [-0.39, 0.29) is 5.91 Å². The fourth-order valence-electron chi connectivity index (χ4n) is 1.83. The van der Waals surface area contributed by atoms with Gasteiger partial charge < -0.3 is 11.1 Å². The predicted octanol–water partition coefficient (Wildman–Crippen LogP) is 2.44. The van der Waals surface area contributed by atoms with Gasteiger partial charge in [-0.2, -0.15) is 0 Å². The summed E-state index contributed by atoms with van der Waals surface area (Å²) in [6, 6.07) is 2.11. The van der Waals surface area contributed by atoms with Gasteiger partial charge in [-0.1, -0.05) is 20.3 Å². The molecule has 0 spiro atoms. The fourth-order valence-corrected chi connectivity index (χ4v) is 2.75. The Morgan fingerprint density at radius 3 is 2.82 bits per heavy atom. The van der Waals surface area contributed by atoms with E-state index >= 15 is 0 Å². The summed E-state index contributed by atoms with van der Waals surface area (Å²) in [5, 5.41) is 4.99. The van der Waals surface area contributed by atoms with Crippen LogP contribution in [0.1, 0.15) is 44.1 Å². The number of hydrogen-bond acceptors (Lipinski definition) is 3. The zero-order valence-corrected chi connectivity index (χ0v) is 11.7. The van der Waals surface area contributed by atoms with Crippen LogP contribution >= 0.6 is 11.3 Å². The minimum Gasteiger partial charge on any atom is -0.350 e. The van der Waals surface area contributed by atoms with Crippen LogP contribution in [0.4, 0.5) is 0 Å². The summed E-state index contributed by atoms with van der Waals surface area (Å²) in [6.07, 6.45) is 2.63. The number of amides is 1. The van der Waals surface area contributed by atoms with Crippen molar-refractivity contribution in [3.8, 4) is 0 Å². The molecule has 96 valence electrons. The van der Waals surface area contributed by atoms with E-state index in [4.69, 9.17) is 5.73 Å². The van der Waals surface area contributed by atoms with E-state index in [1.165, 1.54) is 10.4 Å². The first-order valence-electron chi connectivity index (χ1n) is 6.13. The Balaban J connectivity index is 2.54. The van der Waals surface area contributed by atoms with Crippen molar-refractivity contribution in [2.45, 2.75) is 52.1 Å². The lowest BCUT2D eigenvalue weighted by Crippen LogP contribution is -2.51. The molecule has 1 atom stereocenters. The van der Waals surface area contributed by atoms with E-state index in [9.17, 15) is 4.79 Å². The Morgan fingerprint density at radius 2 is 2.24 bits per heavy atom. The van der Waals surface area contributed by atoms with Gasteiger partial charge in [0.2, 0.25) is 5.91 Å². The Kier molecular flexibility index (Phi) is 5.15. The van der Waals surface area contributed by atoms with Crippen LogP contribution in [0.3, 0.4) is 0 Å². The smallest absolute Gasteiger partial charge is 0.240 e. The van der Waals surface area contributed by atoms with Crippen LogP contribution in [0.25, 0.3) is 0 Å². The van der Waals surface area contributed by atoms with E-state index in [0.717, 1.165) is 12.8 Å². The van der Waals surface area contributed by atoms with Crippen LogP contribution in [-0.2, 0) is 17.8 Å². The molecule has 0 aliphatic carbocycles. The molecule has 0 bridgehead atoms. The minimum absolute atomic E-state index is 0.0604. The lowest BCUT2D eigenvalue weighted by atomic mass is 9.96. The van der Waals surface area contributed by atoms with Crippen LogP contribution in [0, 0.1) is 0 Å². The van der Waals surface area contributed by atoms with Gasteiger partial charge in [0.1, 0.15) is 0 Å². The molecule has 1 amide bonds. The largest absolute Gasteiger partial charge is 0.350 e. The SMILES string of the molecule is CCCC(C)(N)C(=O)NCc1sccc1CC. The van der Waals surface area contributed by atoms with Crippen molar-refractivity contribution in [1.29, 1.82) is 0 Å². The van der Waals surface area contributed by atoms with Crippen molar-refractivity contribution in [3.05, 3.63) is 21.9 Å². The molecule has 0 aromatic carbocycles. The van der Waals surface area contributed by atoms with Gasteiger partial charge in [-0.3, -0.25) is 4.79 Å². The summed E-state index contributed by atoms with van der Waals surface area (Å²) >= 11 is 1.68. The monoisotopic (exact) mass is 254 g/mol. The van der Waals surface area contributed by atoms with Gasteiger partial charge in [-0.15, -0.1) is 11.3 Å². The van der Waals surface area contributed by atoms with Gasteiger partial charge in [0.25, 0.3) is 0 Å². The second kappa shape index (κ2) is 6.17.